The van der Waals surface area contributed by atoms with Crippen molar-refractivity contribution in [3.05, 3.63) is 47.8 Å². The monoisotopic (exact) mass is 251 g/mol. The van der Waals surface area contributed by atoms with E-state index in [1.165, 1.54) is 6.07 Å². The number of rotatable bonds is 5. The molecule has 18 heavy (non-hydrogen) atoms. The Balaban J connectivity index is 1.95. The van der Waals surface area contributed by atoms with Gasteiger partial charge in [0, 0.05) is 36.6 Å². The summed E-state index contributed by atoms with van der Waals surface area (Å²) in [5, 5.41) is 7.22. The predicted octanol–water partition coefficient (Wildman–Crippen LogP) is 3.18. The summed E-state index contributed by atoms with van der Waals surface area (Å²) < 4.78 is 27.6. The van der Waals surface area contributed by atoms with Crippen molar-refractivity contribution in [3.8, 4) is 0 Å². The molecule has 2 rings (SSSR count). The molecule has 1 N–H and O–H groups in total. The van der Waals surface area contributed by atoms with E-state index >= 15 is 0 Å². The lowest BCUT2D eigenvalue weighted by atomic mass is 10.3. The third kappa shape index (κ3) is 3.06. The Morgan fingerprint density at radius 2 is 2.11 bits per heavy atom. The van der Waals surface area contributed by atoms with E-state index in [1.807, 2.05) is 10.9 Å². The molecule has 0 aliphatic heterocycles. The van der Waals surface area contributed by atoms with Crippen molar-refractivity contribution in [1.82, 2.24) is 9.78 Å². The fraction of sp³-hybridized carbons (Fsp3) is 0.308. The van der Waals surface area contributed by atoms with Gasteiger partial charge in [-0.05, 0) is 18.6 Å². The second-order valence-corrected chi connectivity index (χ2v) is 4.09. The number of benzene rings is 1. The van der Waals surface area contributed by atoms with Crippen LogP contribution in [0, 0.1) is 11.6 Å². The van der Waals surface area contributed by atoms with E-state index in [1.54, 1.807) is 6.20 Å². The molecule has 5 heteroatoms. The minimum Gasteiger partial charge on any atom is -0.381 e. The molecule has 0 radical (unpaired) electrons. The Hall–Kier alpha value is -1.91. The zero-order valence-corrected chi connectivity index (χ0v) is 10.2. The summed E-state index contributed by atoms with van der Waals surface area (Å²) in [5.74, 6) is -1.68. The summed E-state index contributed by atoms with van der Waals surface area (Å²) in [6.45, 7) is 3.50. The number of nitrogens with zero attached hydrogens (tertiary/aromatic N) is 2. The van der Waals surface area contributed by atoms with E-state index in [4.69, 9.17) is 0 Å². The van der Waals surface area contributed by atoms with Crippen molar-refractivity contribution in [1.29, 1.82) is 0 Å². The lowest BCUT2D eigenvalue weighted by Gasteiger charge is -2.04. The van der Waals surface area contributed by atoms with Crippen LogP contribution in [0.3, 0.4) is 0 Å². The van der Waals surface area contributed by atoms with Gasteiger partial charge in [-0.3, -0.25) is 4.68 Å². The largest absolute Gasteiger partial charge is 0.381 e. The summed E-state index contributed by atoms with van der Waals surface area (Å²) in [7, 11) is 0. The van der Waals surface area contributed by atoms with E-state index in [0.717, 1.165) is 30.7 Å². The molecular formula is C13H15F2N3. The molecule has 3 nitrogen and oxygen atoms in total. The summed E-state index contributed by atoms with van der Waals surface area (Å²) in [6.07, 6.45) is 4.73. The van der Waals surface area contributed by atoms with E-state index < -0.39 is 11.6 Å². The van der Waals surface area contributed by atoms with Crippen LogP contribution in [-0.2, 0) is 13.1 Å². The summed E-state index contributed by atoms with van der Waals surface area (Å²) in [6, 6.07) is 3.76. The van der Waals surface area contributed by atoms with Gasteiger partial charge >= 0.3 is 0 Å². The first kappa shape index (κ1) is 12.5. The van der Waals surface area contributed by atoms with Crippen molar-refractivity contribution in [3.63, 3.8) is 0 Å². The first-order chi connectivity index (χ1) is 8.69. The fourth-order valence-corrected chi connectivity index (χ4v) is 1.66. The molecule has 0 unspecified atom stereocenters. The van der Waals surface area contributed by atoms with Crippen molar-refractivity contribution in [2.75, 3.05) is 5.32 Å². The molecule has 0 aliphatic rings. The summed E-state index contributed by atoms with van der Waals surface area (Å²) in [5.41, 5.74) is 1.56. The van der Waals surface area contributed by atoms with Crippen LogP contribution in [0.1, 0.15) is 18.9 Å². The van der Waals surface area contributed by atoms with Gasteiger partial charge in [-0.1, -0.05) is 6.92 Å². The van der Waals surface area contributed by atoms with Gasteiger partial charge in [-0.15, -0.1) is 0 Å². The minimum absolute atomic E-state index is 0.536. The van der Waals surface area contributed by atoms with Crippen LogP contribution in [-0.4, -0.2) is 9.78 Å². The molecule has 0 bridgehead atoms. The molecule has 0 atom stereocenters. The average Bonchev–Trinajstić information content (AvgIpc) is 2.79. The van der Waals surface area contributed by atoms with Crippen LogP contribution >= 0.6 is 0 Å². The fourth-order valence-electron chi connectivity index (χ4n) is 1.66. The Kier molecular flexibility index (Phi) is 3.92. The highest BCUT2D eigenvalue weighted by atomic mass is 19.2. The van der Waals surface area contributed by atoms with Crippen LogP contribution in [0.5, 0.6) is 0 Å². The highest BCUT2D eigenvalue weighted by Gasteiger charge is 2.03. The van der Waals surface area contributed by atoms with Gasteiger partial charge < -0.3 is 5.32 Å². The minimum atomic E-state index is -0.846. The van der Waals surface area contributed by atoms with Gasteiger partial charge in [-0.2, -0.15) is 5.10 Å². The topological polar surface area (TPSA) is 29.9 Å². The van der Waals surface area contributed by atoms with E-state index in [0.29, 0.717) is 12.2 Å². The Morgan fingerprint density at radius 3 is 2.83 bits per heavy atom. The van der Waals surface area contributed by atoms with E-state index in [-0.39, 0.29) is 0 Å². The Bertz CT molecular complexity index is 523. The Labute approximate surface area is 104 Å². The van der Waals surface area contributed by atoms with Crippen LogP contribution < -0.4 is 5.32 Å². The van der Waals surface area contributed by atoms with Crippen LogP contribution in [0.2, 0.25) is 0 Å². The molecule has 1 aromatic heterocycles. The van der Waals surface area contributed by atoms with Gasteiger partial charge in [-0.25, -0.2) is 8.78 Å². The second kappa shape index (κ2) is 5.62. The van der Waals surface area contributed by atoms with Gasteiger partial charge in [0.15, 0.2) is 11.6 Å². The van der Waals surface area contributed by atoms with Gasteiger partial charge in [0.05, 0.1) is 6.20 Å². The SMILES string of the molecule is CCCn1cc(CNc2ccc(F)c(F)c2)cn1. The average molecular weight is 251 g/mol. The van der Waals surface area contributed by atoms with Gasteiger partial charge in [0.2, 0.25) is 0 Å². The number of aryl methyl sites for hydroxylation is 1. The van der Waals surface area contributed by atoms with Crippen LogP contribution in [0.15, 0.2) is 30.6 Å². The maximum atomic E-state index is 13.0. The van der Waals surface area contributed by atoms with Crippen LogP contribution in [0.25, 0.3) is 0 Å². The molecule has 0 fully saturated rings. The van der Waals surface area contributed by atoms with Crippen LogP contribution in [0.4, 0.5) is 14.5 Å². The number of nitrogens with one attached hydrogen (secondary N) is 1. The summed E-state index contributed by atoms with van der Waals surface area (Å²) >= 11 is 0. The quantitative estimate of drug-likeness (QED) is 0.884. The second-order valence-electron chi connectivity index (χ2n) is 4.09. The number of halogens is 2. The van der Waals surface area contributed by atoms with Crippen molar-refractivity contribution < 1.29 is 8.78 Å². The standard InChI is InChI=1S/C13H15F2N3/c1-2-5-18-9-10(8-17-18)7-16-11-3-4-12(14)13(15)6-11/h3-4,6,8-9,16H,2,5,7H2,1H3. The molecule has 2 aromatic rings. The molecule has 1 heterocycles. The van der Waals surface area contributed by atoms with Crippen molar-refractivity contribution in [2.45, 2.75) is 26.4 Å². The van der Waals surface area contributed by atoms with Crippen molar-refractivity contribution >= 4 is 5.69 Å². The van der Waals surface area contributed by atoms with E-state index in [2.05, 4.69) is 17.3 Å². The van der Waals surface area contributed by atoms with Crippen molar-refractivity contribution in [2.24, 2.45) is 0 Å². The van der Waals surface area contributed by atoms with Gasteiger partial charge in [0.25, 0.3) is 0 Å². The molecule has 0 spiro atoms. The predicted molar refractivity (Wildman–Crippen MR) is 66.2 cm³/mol. The number of anilines is 1. The molecule has 0 aliphatic carbocycles. The van der Waals surface area contributed by atoms with E-state index in [9.17, 15) is 8.78 Å². The number of aromatic nitrogens is 2. The van der Waals surface area contributed by atoms with Gasteiger partial charge in [0.1, 0.15) is 0 Å². The lowest BCUT2D eigenvalue weighted by Crippen LogP contribution is -2.00. The first-order valence-electron chi connectivity index (χ1n) is 5.89. The zero-order chi connectivity index (χ0) is 13.0. The smallest absolute Gasteiger partial charge is 0.160 e. The molecule has 0 saturated heterocycles. The third-order valence-electron chi connectivity index (χ3n) is 2.56. The maximum absolute atomic E-state index is 13.0. The molecule has 1 aromatic carbocycles. The number of hydrogen-bond acceptors (Lipinski definition) is 2. The molecule has 96 valence electrons. The Morgan fingerprint density at radius 1 is 1.28 bits per heavy atom. The third-order valence-corrected chi connectivity index (χ3v) is 2.56. The lowest BCUT2D eigenvalue weighted by molar-refractivity contribution is 0.509. The maximum Gasteiger partial charge on any atom is 0.160 e. The summed E-state index contributed by atoms with van der Waals surface area (Å²) in [4.78, 5) is 0. The molecule has 0 amide bonds. The highest BCUT2D eigenvalue weighted by molar-refractivity contribution is 5.43. The number of hydrogen-bond donors (Lipinski definition) is 1. The molecule has 0 saturated carbocycles. The molecular weight excluding hydrogens is 236 g/mol. The normalized spacial score (nSPS) is 10.6. The first-order valence-corrected chi connectivity index (χ1v) is 5.89. The zero-order valence-electron chi connectivity index (χ0n) is 10.2. The highest BCUT2D eigenvalue weighted by Crippen LogP contribution is 2.14.